The smallest absolute Gasteiger partial charge is 0.239 e. The first-order valence-electron chi connectivity index (χ1n) is 6.50. The lowest BCUT2D eigenvalue weighted by molar-refractivity contribution is -0.134. The van der Waals surface area contributed by atoms with E-state index in [2.05, 4.69) is 20.8 Å². The number of hydrogen-bond donors (Lipinski definition) is 1. The van der Waals surface area contributed by atoms with Crippen molar-refractivity contribution in [1.82, 2.24) is 4.90 Å². The summed E-state index contributed by atoms with van der Waals surface area (Å²) in [6.07, 6.45) is 5.17. The van der Waals surface area contributed by atoms with E-state index in [9.17, 15) is 4.79 Å². The monoisotopic (exact) mass is 226 g/mol. The zero-order chi connectivity index (χ0) is 12.2. The SMILES string of the molecule is CCCCC(N)C(=O)N1CCC(C)(C)CC1. The highest BCUT2D eigenvalue weighted by Gasteiger charge is 2.29. The molecule has 1 aliphatic rings. The molecule has 1 fully saturated rings. The van der Waals surface area contributed by atoms with Crippen molar-refractivity contribution in [2.45, 2.75) is 58.9 Å². The molecule has 0 bridgehead atoms. The number of piperidine rings is 1. The molecule has 1 rings (SSSR count). The summed E-state index contributed by atoms with van der Waals surface area (Å²) in [5, 5.41) is 0. The molecular formula is C13H26N2O. The van der Waals surface area contributed by atoms with Crippen LogP contribution in [0.4, 0.5) is 0 Å². The van der Waals surface area contributed by atoms with Gasteiger partial charge in [0.1, 0.15) is 0 Å². The molecule has 3 nitrogen and oxygen atoms in total. The van der Waals surface area contributed by atoms with Crippen LogP contribution >= 0.6 is 0 Å². The third kappa shape index (κ3) is 3.78. The Morgan fingerprint density at radius 2 is 1.94 bits per heavy atom. The van der Waals surface area contributed by atoms with Gasteiger partial charge in [0, 0.05) is 13.1 Å². The highest BCUT2D eigenvalue weighted by molar-refractivity contribution is 5.81. The van der Waals surface area contributed by atoms with Crippen molar-refractivity contribution in [3.05, 3.63) is 0 Å². The first kappa shape index (κ1) is 13.5. The van der Waals surface area contributed by atoms with Gasteiger partial charge in [0.05, 0.1) is 6.04 Å². The maximum absolute atomic E-state index is 12.0. The fraction of sp³-hybridized carbons (Fsp3) is 0.923. The van der Waals surface area contributed by atoms with Crippen LogP contribution in [0.3, 0.4) is 0 Å². The lowest BCUT2D eigenvalue weighted by Crippen LogP contribution is -2.48. The number of rotatable bonds is 4. The van der Waals surface area contributed by atoms with Gasteiger partial charge in [0.2, 0.25) is 5.91 Å². The Labute approximate surface area is 99.4 Å². The van der Waals surface area contributed by atoms with Gasteiger partial charge in [-0.25, -0.2) is 0 Å². The molecule has 0 aromatic carbocycles. The Kier molecular flexibility index (Phi) is 4.78. The molecule has 2 N–H and O–H groups in total. The second-order valence-corrected chi connectivity index (χ2v) is 5.74. The van der Waals surface area contributed by atoms with Crippen LogP contribution < -0.4 is 5.73 Å². The number of carbonyl (C=O) groups excluding carboxylic acids is 1. The quantitative estimate of drug-likeness (QED) is 0.798. The standard InChI is InChI=1S/C13H26N2O/c1-4-5-6-11(14)12(16)15-9-7-13(2,3)8-10-15/h11H,4-10,14H2,1-3H3. The normalized spacial score (nSPS) is 21.9. The van der Waals surface area contributed by atoms with Crippen LogP contribution in [0.5, 0.6) is 0 Å². The average molecular weight is 226 g/mol. The summed E-state index contributed by atoms with van der Waals surface area (Å²) < 4.78 is 0. The van der Waals surface area contributed by atoms with Crippen molar-refractivity contribution in [2.75, 3.05) is 13.1 Å². The first-order chi connectivity index (χ1) is 7.46. The molecule has 0 saturated carbocycles. The maximum Gasteiger partial charge on any atom is 0.239 e. The second kappa shape index (κ2) is 5.67. The predicted octanol–water partition coefficient (Wildman–Crippen LogP) is 2.15. The number of unbranched alkanes of at least 4 members (excludes halogenated alkanes) is 1. The van der Waals surface area contributed by atoms with Gasteiger partial charge in [0.15, 0.2) is 0 Å². The van der Waals surface area contributed by atoms with Gasteiger partial charge in [-0.1, -0.05) is 33.6 Å². The van der Waals surface area contributed by atoms with Crippen LogP contribution in [-0.2, 0) is 4.79 Å². The van der Waals surface area contributed by atoms with Crippen molar-refractivity contribution >= 4 is 5.91 Å². The third-order valence-electron chi connectivity index (χ3n) is 3.61. The van der Waals surface area contributed by atoms with Crippen LogP contribution in [0.1, 0.15) is 52.9 Å². The molecule has 1 atom stereocenters. The minimum atomic E-state index is -0.277. The number of nitrogens with zero attached hydrogens (tertiary/aromatic N) is 1. The first-order valence-corrected chi connectivity index (χ1v) is 6.50. The molecule has 1 saturated heterocycles. The third-order valence-corrected chi connectivity index (χ3v) is 3.61. The van der Waals surface area contributed by atoms with Crippen molar-refractivity contribution < 1.29 is 4.79 Å². The van der Waals surface area contributed by atoms with E-state index < -0.39 is 0 Å². The number of nitrogens with two attached hydrogens (primary N) is 1. The molecular weight excluding hydrogens is 200 g/mol. The molecule has 1 unspecified atom stereocenters. The molecule has 1 aliphatic heterocycles. The van der Waals surface area contributed by atoms with E-state index in [0.29, 0.717) is 5.41 Å². The van der Waals surface area contributed by atoms with Gasteiger partial charge >= 0.3 is 0 Å². The number of carbonyl (C=O) groups is 1. The summed E-state index contributed by atoms with van der Waals surface area (Å²) in [5.74, 6) is 0.156. The Balaban J connectivity index is 2.38. The van der Waals surface area contributed by atoms with Crippen LogP contribution in [-0.4, -0.2) is 29.9 Å². The van der Waals surface area contributed by atoms with Crippen LogP contribution in [0.25, 0.3) is 0 Å². The largest absolute Gasteiger partial charge is 0.341 e. The minimum absolute atomic E-state index is 0.156. The number of hydrogen-bond acceptors (Lipinski definition) is 2. The number of likely N-dealkylation sites (tertiary alicyclic amines) is 1. The van der Waals surface area contributed by atoms with Crippen molar-refractivity contribution in [1.29, 1.82) is 0 Å². The van der Waals surface area contributed by atoms with Gasteiger partial charge in [0.25, 0.3) is 0 Å². The van der Waals surface area contributed by atoms with Gasteiger partial charge in [-0.05, 0) is 24.7 Å². The highest BCUT2D eigenvalue weighted by atomic mass is 16.2. The van der Waals surface area contributed by atoms with E-state index in [-0.39, 0.29) is 11.9 Å². The maximum atomic E-state index is 12.0. The Morgan fingerprint density at radius 1 is 1.38 bits per heavy atom. The summed E-state index contributed by atoms with van der Waals surface area (Å²) in [6, 6.07) is -0.277. The zero-order valence-corrected chi connectivity index (χ0v) is 11.0. The fourth-order valence-electron chi connectivity index (χ4n) is 2.11. The van der Waals surface area contributed by atoms with E-state index in [0.717, 1.165) is 45.2 Å². The van der Waals surface area contributed by atoms with Gasteiger partial charge in [-0.3, -0.25) is 4.79 Å². The summed E-state index contributed by atoms with van der Waals surface area (Å²) in [7, 11) is 0. The molecule has 16 heavy (non-hydrogen) atoms. The topological polar surface area (TPSA) is 46.3 Å². The molecule has 0 spiro atoms. The Hall–Kier alpha value is -0.570. The van der Waals surface area contributed by atoms with Crippen LogP contribution in [0, 0.1) is 5.41 Å². The summed E-state index contributed by atoms with van der Waals surface area (Å²) in [4.78, 5) is 14.0. The highest BCUT2D eigenvalue weighted by Crippen LogP contribution is 2.29. The molecule has 1 heterocycles. The summed E-state index contributed by atoms with van der Waals surface area (Å²) in [5.41, 5.74) is 6.30. The number of amides is 1. The van der Waals surface area contributed by atoms with Crippen molar-refractivity contribution in [3.63, 3.8) is 0 Å². The molecule has 94 valence electrons. The molecule has 1 amide bonds. The molecule has 0 aromatic heterocycles. The predicted molar refractivity (Wildman–Crippen MR) is 67.1 cm³/mol. The molecule has 0 aromatic rings. The van der Waals surface area contributed by atoms with E-state index in [1.54, 1.807) is 0 Å². The molecule has 0 aliphatic carbocycles. The van der Waals surface area contributed by atoms with Crippen LogP contribution in [0.2, 0.25) is 0 Å². The fourth-order valence-corrected chi connectivity index (χ4v) is 2.11. The van der Waals surface area contributed by atoms with Gasteiger partial charge in [-0.2, -0.15) is 0 Å². The Bertz CT molecular complexity index is 228. The van der Waals surface area contributed by atoms with Crippen molar-refractivity contribution in [2.24, 2.45) is 11.1 Å². The zero-order valence-electron chi connectivity index (χ0n) is 11.0. The van der Waals surface area contributed by atoms with Gasteiger partial charge < -0.3 is 10.6 Å². The van der Waals surface area contributed by atoms with E-state index in [4.69, 9.17) is 5.73 Å². The van der Waals surface area contributed by atoms with Gasteiger partial charge in [-0.15, -0.1) is 0 Å². The average Bonchev–Trinajstić information content (AvgIpc) is 2.25. The van der Waals surface area contributed by atoms with Crippen LogP contribution in [0.15, 0.2) is 0 Å². The minimum Gasteiger partial charge on any atom is -0.341 e. The van der Waals surface area contributed by atoms with Crippen molar-refractivity contribution in [3.8, 4) is 0 Å². The summed E-state index contributed by atoms with van der Waals surface area (Å²) >= 11 is 0. The van der Waals surface area contributed by atoms with E-state index in [1.807, 2.05) is 4.90 Å². The second-order valence-electron chi connectivity index (χ2n) is 5.74. The van der Waals surface area contributed by atoms with E-state index >= 15 is 0 Å². The lowest BCUT2D eigenvalue weighted by Gasteiger charge is -2.37. The van der Waals surface area contributed by atoms with E-state index in [1.165, 1.54) is 0 Å². The lowest BCUT2D eigenvalue weighted by atomic mass is 9.82. The molecule has 3 heteroatoms. The molecule has 0 radical (unpaired) electrons. The summed E-state index contributed by atoms with van der Waals surface area (Å²) in [6.45, 7) is 8.43. The Morgan fingerprint density at radius 3 is 2.44 bits per heavy atom.